The topological polar surface area (TPSA) is 34.3 Å². The highest BCUT2D eigenvalue weighted by atomic mass is 16.6. The number of hydrogen-bond donors (Lipinski definition) is 0. The highest BCUT2D eigenvalue weighted by molar-refractivity contribution is 5.14. The van der Waals surface area contributed by atoms with Gasteiger partial charge in [-0.1, -0.05) is 43.7 Å². The highest BCUT2D eigenvalue weighted by Crippen LogP contribution is 2.12. The summed E-state index contributed by atoms with van der Waals surface area (Å²) in [6.07, 6.45) is 3.23. The van der Waals surface area contributed by atoms with E-state index in [1.807, 2.05) is 0 Å². The molecule has 0 amide bonds. The maximum absolute atomic E-state index is 5.23. The number of aryl methyl sites for hydroxylation is 1. The zero-order valence-electron chi connectivity index (χ0n) is 11.0. The summed E-state index contributed by atoms with van der Waals surface area (Å²) in [5.74, 6) is 0. The first-order chi connectivity index (χ1) is 8.88. The van der Waals surface area contributed by atoms with E-state index in [9.17, 15) is 0 Å². The lowest BCUT2D eigenvalue weighted by molar-refractivity contribution is 0.102. The second-order valence-corrected chi connectivity index (χ2v) is 4.68. The van der Waals surface area contributed by atoms with Crippen LogP contribution >= 0.6 is 0 Å². The summed E-state index contributed by atoms with van der Waals surface area (Å²) in [6, 6.07) is 10.6. The van der Waals surface area contributed by atoms with Crippen LogP contribution in [0.3, 0.4) is 0 Å². The molecule has 100 valence electrons. The van der Waals surface area contributed by atoms with Crippen molar-refractivity contribution in [2.45, 2.75) is 32.0 Å². The molecule has 0 aromatic heterocycles. The van der Waals surface area contributed by atoms with E-state index in [2.05, 4.69) is 37.3 Å². The van der Waals surface area contributed by atoms with Crippen molar-refractivity contribution < 1.29 is 14.2 Å². The molecule has 18 heavy (non-hydrogen) atoms. The van der Waals surface area contributed by atoms with E-state index in [1.165, 1.54) is 18.4 Å². The predicted octanol–water partition coefficient (Wildman–Crippen LogP) is 2.44. The summed E-state index contributed by atoms with van der Waals surface area (Å²) in [4.78, 5) is 0. The van der Waals surface area contributed by atoms with E-state index in [0.29, 0.717) is 12.2 Å². The van der Waals surface area contributed by atoms with Gasteiger partial charge in [-0.2, -0.15) is 0 Å². The van der Waals surface area contributed by atoms with Gasteiger partial charge >= 0.3 is 0 Å². The third-order valence-corrected chi connectivity index (χ3v) is 2.79. The van der Waals surface area contributed by atoms with Gasteiger partial charge in [0.05, 0.1) is 26.4 Å². The Labute approximate surface area is 109 Å². The second-order valence-electron chi connectivity index (χ2n) is 4.68. The van der Waals surface area contributed by atoms with E-state index < -0.39 is 0 Å². The third kappa shape index (κ3) is 6.15. The molecule has 1 aromatic carbocycles. The summed E-state index contributed by atoms with van der Waals surface area (Å²) in [5, 5.41) is 0. The summed E-state index contributed by atoms with van der Waals surface area (Å²) < 4.78 is 15.1. The summed E-state index contributed by atoms with van der Waals surface area (Å²) in [6.45, 7) is 5.46. The lowest BCUT2D eigenvalue weighted by Gasteiger charge is -1.95. The molecule has 0 N–H and O–H groups in total. The van der Waals surface area contributed by atoms with Crippen LogP contribution in [-0.4, -0.2) is 38.6 Å². The minimum atomic E-state index is 0.392. The highest BCUT2D eigenvalue weighted by Gasteiger charge is 2.26. The molecule has 2 aliphatic heterocycles. The van der Waals surface area contributed by atoms with Gasteiger partial charge in [-0.05, 0) is 12.0 Å². The normalized spacial score (nSPS) is 24.1. The van der Waals surface area contributed by atoms with E-state index >= 15 is 0 Å². The van der Waals surface area contributed by atoms with Gasteiger partial charge in [-0.3, -0.25) is 0 Å². The van der Waals surface area contributed by atoms with E-state index in [-0.39, 0.29) is 0 Å². The minimum Gasteiger partial charge on any atom is -0.376 e. The van der Waals surface area contributed by atoms with Crippen molar-refractivity contribution >= 4 is 0 Å². The second kappa shape index (κ2) is 7.52. The Kier molecular flexibility index (Phi) is 5.65. The van der Waals surface area contributed by atoms with Crippen LogP contribution < -0.4 is 0 Å². The van der Waals surface area contributed by atoms with Crippen molar-refractivity contribution in [1.29, 1.82) is 0 Å². The molecule has 1 aromatic rings. The first kappa shape index (κ1) is 13.5. The zero-order chi connectivity index (χ0) is 12.6. The molecule has 0 spiro atoms. The molecule has 2 aliphatic rings. The van der Waals surface area contributed by atoms with E-state index in [1.54, 1.807) is 0 Å². The molecule has 3 nitrogen and oxygen atoms in total. The Morgan fingerprint density at radius 1 is 1.06 bits per heavy atom. The Morgan fingerprint density at radius 2 is 1.61 bits per heavy atom. The maximum Gasteiger partial charge on any atom is 0.104 e. The van der Waals surface area contributed by atoms with E-state index in [4.69, 9.17) is 14.2 Å². The van der Waals surface area contributed by atoms with Gasteiger partial charge < -0.3 is 14.2 Å². The molecule has 0 radical (unpaired) electrons. The summed E-state index contributed by atoms with van der Waals surface area (Å²) in [5.41, 5.74) is 1.44. The first-order valence-electron chi connectivity index (χ1n) is 6.73. The molecule has 2 atom stereocenters. The van der Waals surface area contributed by atoms with Crippen molar-refractivity contribution in [3.8, 4) is 0 Å². The third-order valence-electron chi connectivity index (χ3n) is 2.79. The smallest absolute Gasteiger partial charge is 0.104 e. The quantitative estimate of drug-likeness (QED) is 0.727. The van der Waals surface area contributed by atoms with Crippen LogP contribution in [0.4, 0.5) is 0 Å². The SMILES string of the molecule is C(OCC1CO1)C1CO1.CCCc1ccccc1. The van der Waals surface area contributed by atoms with Crippen LogP contribution in [0.5, 0.6) is 0 Å². The van der Waals surface area contributed by atoms with Crippen LogP contribution in [0.25, 0.3) is 0 Å². The molecular formula is C15H22O3. The molecule has 3 rings (SSSR count). The fraction of sp³-hybridized carbons (Fsp3) is 0.600. The predicted molar refractivity (Wildman–Crippen MR) is 70.7 cm³/mol. The van der Waals surface area contributed by atoms with Crippen LogP contribution in [0.1, 0.15) is 18.9 Å². The van der Waals surface area contributed by atoms with Crippen LogP contribution in [0.2, 0.25) is 0 Å². The van der Waals surface area contributed by atoms with Crippen LogP contribution in [0.15, 0.2) is 30.3 Å². The van der Waals surface area contributed by atoms with Crippen molar-refractivity contribution in [3.05, 3.63) is 35.9 Å². The van der Waals surface area contributed by atoms with Crippen molar-refractivity contribution in [3.63, 3.8) is 0 Å². The van der Waals surface area contributed by atoms with Gasteiger partial charge in [0.1, 0.15) is 12.2 Å². The van der Waals surface area contributed by atoms with Gasteiger partial charge in [0.25, 0.3) is 0 Å². The van der Waals surface area contributed by atoms with Gasteiger partial charge in [-0.25, -0.2) is 0 Å². The van der Waals surface area contributed by atoms with Crippen molar-refractivity contribution in [1.82, 2.24) is 0 Å². The molecule has 3 heteroatoms. The van der Waals surface area contributed by atoms with Crippen molar-refractivity contribution in [2.75, 3.05) is 26.4 Å². The largest absolute Gasteiger partial charge is 0.376 e. The van der Waals surface area contributed by atoms with Gasteiger partial charge in [0, 0.05) is 0 Å². The molecule has 0 aliphatic carbocycles. The summed E-state index contributed by atoms with van der Waals surface area (Å²) in [7, 11) is 0. The van der Waals surface area contributed by atoms with Crippen LogP contribution in [0, 0.1) is 0 Å². The average Bonchev–Trinajstić information content (AvgIpc) is 3.27. The number of ether oxygens (including phenoxy) is 3. The fourth-order valence-corrected chi connectivity index (χ4v) is 1.59. The van der Waals surface area contributed by atoms with Gasteiger partial charge in [0.15, 0.2) is 0 Å². The molecule has 0 saturated carbocycles. The Balaban J connectivity index is 0.000000134. The zero-order valence-corrected chi connectivity index (χ0v) is 11.0. The fourth-order valence-electron chi connectivity index (χ4n) is 1.59. The monoisotopic (exact) mass is 250 g/mol. The number of hydrogen-bond acceptors (Lipinski definition) is 3. The van der Waals surface area contributed by atoms with Gasteiger partial charge in [0.2, 0.25) is 0 Å². The average molecular weight is 250 g/mol. The molecule has 2 heterocycles. The molecular weight excluding hydrogens is 228 g/mol. The number of benzene rings is 1. The molecule has 2 unspecified atom stereocenters. The maximum atomic E-state index is 5.23. The molecule has 2 fully saturated rings. The van der Waals surface area contributed by atoms with E-state index in [0.717, 1.165) is 26.4 Å². The molecule has 0 bridgehead atoms. The lowest BCUT2D eigenvalue weighted by atomic mass is 10.1. The van der Waals surface area contributed by atoms with Crippen LogP contribution in [-0.2, 0) is 20.6 Å². The number of rotatable bonds is 6. The van der Waals surface area contributed by atoms with Crippen molar-refractivity contribution in [2.24, 2.45) is 0 Å². The van der Waals surface area contributed by atoms with Gasteiger partial charge in [-0.15, -0.1) is 0 Å². The minimum absolute atomic E-state index is 0.392. The summed E-state index contributed by atoms with van der Waals surface area (Å²) >= 11 is 0. The Hall–Kier alpha value is -0.900. The molecule has 2 saturated heterocycles. The Bertz CT molecular complexity index is 306. The Morgan fingerprint density at radius 3 is 2.06 bits per heavy atom. The lowest BCUT2D eigenvalue weighted by Crippen LogP contribution is -2.06. The number of epoxide rings is 2. The first-order valence-corrected chi connectivity index (χ1v) is 6.73. The standard InChI is InChI=1S/C9H12.C6H10O3/c1-2-6-9-7-4-3-5-8-9;1(5-3-8-5)7-2-6-4-9-6/h3-5,7-8H,2,6H2,1H3;5-6H,1-4H2.